The first-order valence-corrected chi connectivity index (χ1v) is 8.78. The molecule has 0 aliphatic rings. The first-order chi connectivity index (χ1) is 13.5. The number of non-ortho nitro benzene ring substituents is 1. The number of rotatable bonds is 8. The first-order valence-electron chi connectivity index (χ1n) is 8.78. The van der Waals surface area contributed by atoms with Crippen LogP contribution in [0.25, 0.3) is 12.2 Å². The third-order valence-electron chi connectivity index (χ3n) is 3.68. The van der Waals surface area contributed by atoms with Gasteiger partial charge in [0, 0.05) is 24.8 Å². The van der Waals surface area contributed by atoms with Gasteiger partial charge in [-0.15, -0.1) is 0 Å². The normalized spacial score (nSPS) is 11.2. The molecule has 2 aromatic rings. The molecule has 0 aliphatic carbocycles. The van der Waals surface area contributed by atoms with E-state index in [9.17, 15) is 19.7 Å². The number of hydrogen-bond donors (Lipinski definition) is 2. The minimum absolute atomic E-state index is 0.0519. The highest BCUT2D eigenvalue weighted by molar-refractivity contribution is 6.04. The van der Waals surface area contributed by atoms with E-state index in [2.05, 4.69) is 10.6 Å². The Balaban J connectivity index is 2.18. The van der Waals surface area contributed by atoms with Crippen LogP contribution in [0.5, 0.6) is 0 Å². The fraction of sp³-hybridized carbons (Fsp3) is 0.143. The molecule has 0 fully saturated rings. The van der Waals surface area contributed by atoms with Gasteiger partial charge in [-0.25, -0.2) is 0 Å². The molecule has 2 aromatic carbocycles. The molecule has 7 heteroatoms. The van der Waals surface area contributed by atoms with E-state index in [1.54, 1.807) is 6.08 Å². The van der Waals surface area contributed by atoms with Crippen LogP contribution in [-0.4, -0.2) is 23.3 Å². The van der Waals surface area contributed by atoms with Gasteiger partial charge in [0.2, 0.25) is 5.91 Å². The van der Waals surface area contributed by atoms with E-state index in [1.165, 1.54) is 36.4 Å². The maximum Gasteiger partial charge on any atom is 0.269 e. The Labute approximate surface area is 162 Å². The SMILES string of the molecule is CCCNC(=O)/C(=C/c1ccc([N+](=O)[O-])cc1)NC(=O)/C=C\c1ccccc1. The van der Waals surface area contributed by atoms with E-state index in [1.807, 2.05) is 37.3 Å². The highest BCUT2D eigenvalue weighted by Gasteiger charge is 2.12. The van der Waals surface area contributed by atoms with Gasteiger partial charge in [0.25, 0.3) is 11.6 Å². The lowest BCUT2D eigenvalue weighted by Gasteiger charge is -2.09. The van der Waals surface area contributed by atoms with Gasteiger partial charge >= 0.3 is 0 Å². The largest absolute Gasteiger partial charge is 0.351 e. The van der Waals surface area contributed by atoms with E-state index >= 15 is 0 Å². The van der Waals surface area contributed by atoms with Crippen LogP contribution in [0.1, 0.15) is 24.5 Å². The third kappa shape index (κ3) is 6.53. The van der Waals surface area contributed by atoms with Gasteiger partial charge in [-0.2, -0.15) is 0 Å². The lowest BCUT2D eigenvalue weighted by Crippen LogP contribution is -2.34. The molecule has 144 valence electrons. The molecule has 0 radical (unpaired) electrons. The van der Waals surface area contributed by atoms with Crippen LogP contribution in [-0.2, 0) is 9.59 Å². The van der Waals surface area contributed by atoms with Crippen molar-refractivity contribution >= 4 is 29.7 Å². The number of nitrogens with one attached hydrogen (secondary N) is 2. The lowest BCUT2D eigenvalue weighted by atomic mass is 10.1. The van der Waals surface area contributed by atoms with Crippen LogP contribution >= 0.6 is 0 Å². The standard InChI is InChI=1S/C21H21N3O4/c1-2-14-22-21(26)19(15-17-8-11-18(12-9-17)24(27)28)23-20(25)13-10-16-6-4-3-5-7-16/h3-13,15H,2,14H2,1H3,(H,22,26)(H,23,25)/b13-10-,19-15-. The second-order valence-corrected chi connectivity index (χ2v) is 5.90. The quantitative estimate of drug-likeness (QED) is 0.417. The number of amides is 2. The van der Waals surface area contributed by atoms with E-state index < -0.39 is 16.7 Å². The molecule has 0 saturated heterocycles. The summed E-state index contributed by atoms with van der Waals surface area (Å²) in [6, 6.07) is 15.0. The Morgan fingerprint density at radius 1 is 1.04 bits per heavy atom. The third-order valence-corrected chi connectivity index (χ3v) is 3.68. The van der Waals surface area contributed by atoms with Crippen LogP contribution in [0.15, 0.2) is 66.4 Å². The van der Waals surface area contributed by atoms with Crippen molar-refractivity contribution in [3.8, 4) is 0 Å². The summed E-state index contributed by atoms with van der Waals surface area (Å²) in [6.07, 6.45) is 5.20. The number of carbonyl (C=O) groups excluding carboxylic acids is 2. The van der Waals surface area contributed by atoms with Crippen molar-refractivity contribution in [3.05, 3.63) is 87.6 Å². The summed E-state index contributed by atoms with van der Waals surface area (Å²) in [5, 5.41) is 16.0. The summed E-state index contributed by atoms with van der Waals surface area (Å²) in [5.41, 5.74) is 1.42. The first kappa shape index (κ1) is 20.6. The van der Waals surface area contributed by atoms with Crippen molar-refractivity contribution in [2.24, 2.45) is 0 Å². The van der Waals surface area contributed by atoms with Crippen LogP contribution in [0, 0.1) is 10.1 Å². The van der Waals surface area contributed by atoms with Crippen molar-refractivity contribution in [2.45, 2.75) is 13.3 Å². The van der Waals surface area contributed by atoms with Gasteiger partial charge in [0.05, 0.1) is 4.92 Å². The van der Waals surface area contributed by atoms with Crippen molar-refractivity contribution < 1.29 is 14.5 Å². The van der Waals surface area contributed by atoms with Gasteiger partial charge in [-0.3, -0.25) is 19.7 Å². The highest BCUT2D eigenvalue weighted by Crippen LogP contribution is 2.14. The molecule has 0 unspecified atom stereocenters. The molecule has 0 atom stereocenters. The number of carbonyl (C=O) groups is 2. The summed E-state index contributed by atoms with van der Waals surface area (Å²) in [6.45, 7) is 2.38. The zero-order valence-electron chi connectivity index (χ0n) is 15.4. The molecule has 0 spiro atoms. The molecular weight excluding hydrogens is 358 g/mol. The number of hydrogen-bond acceptors (Lipinski definition) is 4. The molecule has 0 aliphatic heterocycles. The van der Waals surface area contributed by atoms with Crippen molar-refractivity contribution in [2.75, 3.05) is 6.54 Å². The summed E-state index contributed by atoms with van der Waals surface area (Å²) in [5.74, 6) is -0.884. The Hall–Kier alpha value is -3.74. The van der Waals surface area contributed by atoms with Crippen LogP contribution in [0.3, 0.4) is 0 Å². The number of benzene rings is 2. The Kier molecular flexibility index (Phi) is 7.65. The average molecular weight is 379 g/mol. The van der Waals surface area contributed by atoms with Crippen LogP contribution in [0.4, 0.5) is 5.69 Å². The molecule has 0 bridgehead atoms. The van der Waals surface area contributed by atoms with Gasteiger partial charge in [0.1, 0.15) is 5.70 Å². The van der Waals surface area contributed by atoms with Gasteiger partial charge < -0.3 is 10.6 Å². The number of nitrogens with zero attached hydrogens (tertiary/aromatic N) is 1. The Bertz CT molecular complexity index is 888. The van der Waals surface area contributed by atoms with Crippen molar-refractivity contribution in [1.82, 2.24) is 10.6 Å². The molecule has 0 aromatic heterocycles. The zero-order chi connectivity index (χ0) is 20.4. The van der Waals surface area contributed by atoms with Gasteiger partial charge in [0.15, 0.2) is 0 Å². The second-order valence-electron chi connectivity index (χ2n) is 5.90. The average Bonchev–Trinajstić information content (AvgIpc) is 2.71. The monoisotopic (exact) mass is 379 g/mol. The topological polar surface area (TPSA) is 101 Å². The molecule has 28 heavy (non-hydrogen) atoms. The van der Waals surface area contributed by atoms with E-state index in [0.29, 0.717) is 12.1 Å². The van der Waals surface area contributed by atoms with Crippen molar-refractivity contribution in [3.63, 3.8) is 0 Å². The zero-order valence-corrected chi connectivity index (χ0v) is 15.4. The fourth-order valence-corrected chi connectivity index (χ4v) is 2.26. The Morgan fingerprint density at radius 3 is 2.32 bits per heavy atom. The Morgan fingerprint density at radius 2 is 1.71 bits per heavy atom. The summed E-state index contributed by atoms with van der Waals surface area (Å²) in [4.78, 5) is 34.9. The minimum atomic E-state index is -0.501. The number of nitro benzene ring substituents is 1. The van der Waals surface area contributed by atoms with Gasteiger partial charge in [-0.05, 0) is 41.8 Å². The van der Waals surface area contributed by atoms with Gasteiger partial charge in [-0.1, -0.05) is 37.3 Å². The van der Waals surface area contributed by atoms with Crippen LogP contribution < -0.4 is 10.6 Å². The number of nitro groups is 1. The van der Waals surface area contributed by atoms with Crippen LogP contribution in [0.2, 0.25) is 0 Å². The molecule has 0 saturated carbocycles. The van der Waals surface area contributed by atoms with E-state index in [-0.39, 0.29) is 11.4 Å². The smallest absolute Gasteiger partial charge is 0.269 e. The summed E-state index contributed by atoms with van der Waals surface area (Å²) >= 11 is 0. The molecule has 2 amide bonds. The predicted molar refractivity (Wildman–Crippen MR) is 108 cm³/mol. The van der Waals surface area contributed by atoms with Crippen molar-refractivity contribution in [1.29, 1.82) is 0 Å². The molecule has 0 heterocycles. The highest BCUT2D eigenvalue weighted by atomic mass is 16.6. The molecule has 7 nitrogen and oxygen atoms in total. The molecule has 2 N–H and O–H groups in total. The fourth-order valence-electron chi connectivity index (χ4n) is 2.26. The maximum atomic E-state index is 12.4. The minimum Gasteiger partial charge on any atom is -0.351 e. The van der Waals surface area contributed by atoms with E-state index in [0.717, 1.165) is 12.0 Å². The lowest BCUT2D eigenvalue weighted by molar-refractivity contribution is -0.384. The summed E-state index contributed by atoms with van der Waals surface area (Å²) < 4.78 is 0. The van der Waals surface area contributed by atoms with E-state index in [4.69, 9.17) is 0 Å². The molecule has 2 rings (SSSR count). The molecular formula is C21H21N3O4. The second kappa shape index (κ2) is 10.4. The maximum absolute atomic E-state index is 12.4. The predicted octanol–water partition coefficient (Wildman–Crippen LogP) is 3.29. The summed E-state index contributed by atoms with van der Waals surface area (Å²) in [7, 11) is 0.